The number of amides is 1. The molecule has 1 aromatic carbocycles. The minimum absolute atomic E-state index is 0.0750. The normalized spacial score (nSPS) is 20.1. The molecule has 0 spiro atoms. The van der Waals surface area contributed by atoms with Crippen LogP contribution in [-0.2, 0) is 11.0 Å². The van der Waals surface area contributed by atoms with Crippen molar-refractivity contribution in [3.63, 3.8) is 0 Å². The lowest BCUT2D eigenvalue weighted by molar-refractivity contribution is -0.137. The second-order valence-corrected chi connectivity index (χ2v) is 7.42. The SMILES string of the molecule is O=C1CC[C@H](/C=C(\c2ccc(C3CC3)c(=O)[nH]2)c2ccc(C(F)(F)F)cc2F)N1. The van der Waals surface area contributed by atoms with Crippen LogP contribution in [0.25, 0.3) is 5.57 Å². The van der Waals surface area contributed by atoms with E-state index in [-0.39, 0.29) is 28.5 Å². The van der Waals surface area contributed by atoms with Gasteiger partial charge >= 0.3 is 6.18 Å². The van der Waals surface area contributed by atoms with Gasteiger partial charge in [0.15, 0.2) is 0 Å². The molecule has 0 radical (unpaired) electrons. The van der Waals surface area contributed by atoms with Crippen molar-refractivity contribution in [3.05, 3.63) is 75.0 Å². The molecule has 1 aromatic heterocycles. The van der Waals surface area contributed by atoms with Crippen LogP contribution in [0.3, 0.4) is 0 Å². The van der Waals surface area contributed by atoms with Crippen molar-refractivity contribution < 1.29 is 22.4 Å². The maximum absolute atomic E-state index is 14.7. The predicted octanol–water partition coefficient (Wildman–Crippen LogP) is 4.12. The third-order valence-corrected chi connectivity index (χ3v) is 5.23. The van der Waals surface area contributed by atoms with Crippen LogP contribution < -0.4 is 10.9 Å². The number of hydrogen-bond acceptors (Lipinski definition) is 2. The Balaban J connectivity index is 1.79. The van der Waals surface area contributed by atoms with E-state index < -0.39 is 23.6 Å². The summed E-state index contributed by atoms with van der Waals surface area (Å²) in [6.45, 7) is 0. The standard InChI is InChI=1S/C21H18F4N2O2/c22-17-9-12(21(23,24)25)3-5-15(17)16(10-13-4-8-19(28)26-13)18-7-6-14(11-1-2-11)20(29)27-18/h3,5-7,9-11,13H,1-2,4,8H2,(H,26,28)(H,27,29)/b16-10-/t13-/m1/s1. The number of rotatable bonds is 4. The predicted molar refractivity (Wildman–Crippen MR) is 98.7 cm³/mol. The Hall–Kier alpha value is -2.90. The number of carbonyl (C=O) groups is 1. The molecule has 1 amide bonds. The molecule has 2 aromatic rings. The summed E-state index contributed by atoms with van der Waals surface area (Å²) >= 11 is 0. The molecule has 152 valence electrons. The second-order valence-electron chi connectivity index (χ2n) is 7.42. The fraction of sp³-hybridized carbons (Fsp3) is 0.333. The van der Waals surface area contributed by atoms with Crippen molar-refractivity contribution in [2.75, 3.05) is 0 Å². The van der Waals surface area contributed by atoms with E-state index >= 15 is 0 Å². The van der Waals surface area contributed by atoms with E-state index in [4.69, 9.17) is 0 Å². The molecule has 4 nitrogen and oxygen atoms in total. The molecule has 1 atom stereocenters. The number of hydrogen-bond donors (Lipinski definition) is 2. The van der Waals surface area contributed by atoms with Gasteiger partial charge < -0.3 is 10.3 Å². The van der Waals surface area contributed by atoms with E-state index in [1.807, 2.05) is 0 Å². The van der Waals surface area contributed by atoms with E-state index in [0.717, 1.165) is 25.0 Å². The third-order valence-electron chi connectivity index (χ3n) is 5.23. The Labute approximate surface area is 163 Å². The van der Waals surface area contributed by atoms with Crippen molar-refractivity contribution in [2.24, 2.45) is 0 Å². The first-order valence-corrected chi connectivity index (χ1v) is 9.34. The largest absolute Gasteiger partial charge is 0.416 e. The molecule has 1 aliphatic carbocycles. The van der Waals surface area contributed by atoms with Gasteiger partial charge in [-0.2, -0.15) is 13.2 Å². The Kier molecular flexibility index (Phi) is 4.80. The molecular weight excluding hydrogens is 388 g/mol. The molecular formula is C21H18F4N2O2. The van der Waals surface area contributed by atoms with Gasteiger partial charge in [-0.1, -0.05) is 18.2 Å². The molecule has 2 N–H and O–H groups in total. The summed E-state index contributed by atoms with van der Waals surface area (Å²) in [5, 5.41) is 2.72. The topological polar surface area (TPSA) is 62.0 Å². The van der Waals surface area contributed by atoms with Crippen LogP contribution in [0.4, 0.5) is 17.6 Å². The zero-order chi connectivity index (χ0) is 20.8. The fourth-order valence-electron chi connectivity index (χ4n) is 3.56. The number of H-pyrrole nitrogens is 1. The summed E-state index contributed by atoms with van der Waals surface area (Å²) in [4.78, 5) is 26.7. The number of aromatic nitrogens is 1. The van der Waals surface area contributed by atoms with Crippen molar-refractivity contribution in [2.45, 2.75) is 43.8 Å². The Morgan fingerprint density at radius 3 is 2.38 bits per heavy atom. The number of alkyl halides is 3. The van der Waals surface area contributed by atoms with Crippen LogP contribution in [0.1, 0.15) is 54.0 Å². The zero-order valence-electron chi connectivity index (χ0n) is 15.3. The first-order valence-electron chi connectivity index (χ1n) is 9.34. The first-order chi connectivity index (χ1) is 13.7. The third kappa shape index (κ3) is 4.11. The van der Waals surface area contributed by atoms with Gasteiger partial charge in [0.05, 0.1) is 5.56 Å². The molecule has 0 unspecified atom stereocenters. The van der Waals surface area contributed by atoms with Gasteiger partial charge in [-0.15, -0.1) is 0 Å². The van der Waals surface area contributed by atoms with Gasteiger partial charge in [-0.05, 0) is 43.4 Å². The number of nitrogens with one attached hydrogen (secondary N) is 2. The summed E-state index contributed by atoms with van der Waals surface area (Å²) < 4.78 is 53.4. The zero-order valence-corrected chi connectivity index (χ0v) is 15.3. The lowest BCUT2D eigenvalue weighted by Gasteiger charge is -2.15. The number of benzene rings is 1. The highest BCUT2D eigenvalue weighted by atomic mass is 19.4. The van der Waals surface area contributed by atoms with Crippen molar-refractivity contribution in [1.82, 2.24) is 10.3 Å². The molecule has 8 heteroatoms. The Bertz CT molecular complexity index is 1050. The van der Waals surface area contributed by atoms with Gasteiger partial charge in [0.1, 0.15) is 5.82 Å². The second kappa shape index (κ2) is 7.17. The Morgan fingerprint density at radius 2 is 1.83 bits per heavy atom. The van der Waals surface area contributed by atoms with Gasteiger partial charge in [0, 0.05) is 34.9 Å². The van der Waals surface area contributed by atoms with Gasteiger partial charge in [0.2, 0.25) is 5.91 Å². The highest BCUT2D eigenvalue weighted by Crippen LogP contribution is 2.38. The van der Waals surface area contributed by atoms with Crippen LogP contribution in [0, 0.1) is 5.82 Å². The minimum atomic E-state index is -4.66. The number of halogens is 4. The van der Waals surface area contributed by atoms with Gasteiger partial charge in [-0.25, -0.2) is 4.39 Å². The summed E-state index contributed by atoms with van der Waals surface area (Å²) in [7, 11) is 0. The van der Waals surface area contributed by atoms with Crippen LogP contribution in [0.15, 0.2) is 41.2 Å². The Morgan fingerprint density at radius 1 is 1.07 bits per heavy atom. The monoisotopic (exact) mass is 406 g/mol. The van der Waals surface area contributed by atoms with E-state index in [1.165, 1.54) is 0 Å². The lowest BCUT2D eigenvalue weighted by Crippen LogP contribution is -2.24. The molecule has 2 heterocycles. The fourth-order valence-corrected chi connectivity index (χ4v) is 3.56. The van der Waals surface area contributed by atoms with Crippen molar-refractivity contribution in [3.8, 4) is 0 Å². The summed E-state index contributed by atoms with van der Waals surface area (Å²) in [6.07, 6.45) is -0.420. The number of aromatic amines is 1. The summed E-state index contributed by atoms with van der Waals surface area (Å²) in [5.74, 6) is -0.990. The minimum Gasteiger partial charge on any atom is -0.350 e. The highest BCUT2D eigenvalue weighted by molar-refractivity contribution is 5.82. The number of carbonyl (C=O) groups excluding carboxylic acids is 1. The van der Waals surface area contributed by atoms with Crippen molar-refractivity contribution >= 4 is 11.5 Å². The smallest absolute Gasteiger partial charge is 0.350 e. The molecule has 2 fully saturated rings. The van der Waals surface area contributed by atoms with Gasteiger partial charge in [0.25, 0.3) is 5.56 Å². The quantitative estimate of drug-likeness (QED) is 0.751. The number of pyridine rings is 1. The van der Waals surface area contributed by atoms with Crippen molar-refractivity contribution in [1.29, 1.82) is 0 Å². The molecule has 29 heavy (non-hydrogen) atoms. The van der Waals surface area contributed by atoms with Crippen LogP contribution in [0.2, 0.25) is 0 Å². The molecule has 1 saturated heterocycles. The van der Waals surface area contributed by atoms with Gasteiger partial charge in [-0.3, -0.25) is 9.59 Å². The molecule has 4 rings (SSSR count). The first kappa shape index (κ1) is 19.4. The van der Waals surface area contributed by atoms with E-state index in [9.17, 15) is 27.2 Å². The van der Waals surface area contributed by atoms with Crippen LogP contribution in [-0.4, -0.2) is 16.9 Å². The van der Waals surface area contributed by atoms with Crippen LogP contribution in [0.5, 0.6) is 0 Å². The average Bonchev–Trinajstić information content (AvgIpc) is 3.41. The molecule has 1 saturated carbocycles. The maximum atomic E-state index is 14.7. The maximum Gasteiger partial charge on any atom is 0.416 e. The highest BCUT2D eigenvalue weighted by Gasteiger charge is 2.32. The summed E-state index contributed by atoms with van der Waals surface area (Å²) in [6, 6.07) is 5.20. The molecule has 1 aliphatic heterocycles. The van der Waals surface area contributed by atoms with E-state index in [2.05, 4.69) is 10.3 Å². The lowest BCUT2D eigenvalue weighted by atomic mass is 9.96. The summed E-state index contributed by atoms with van der Waals surface area (Å²) in [5.41, 5.74) is -0.283. The average molecular weight is 406 g/mol. The van der Waals surface area contributed by atoms with E-state index in [1.54, 1.807) is 18.2 Å². The van der Waals surface area contributed by atoms with Crippen LogP contribution >= 0.6 is 0 Å². The molecule has 2 aliphatic rings. The van der Waals surface area contributed by atoms with E-state index in [0.29, 0.717) is 30.2 Å². The molecule has 0 bridgehead atoms.